The summed E-state index contributed by atoms with van der Waals surface area (Å²) in [7, 11) is 0. The summed E-state index contributed by atoms with van der Waals surface area (Å²) in [6.07, 6.45) is 5.95. The molecule has 2 heterocycles. The van der Waals surface area contributed by atoms with Crippen molar-refractivity contribution in [3.63, 3.8) is 0 Å². The Hall–Kier alpha value is -2.02. The van der Waals surface area contributed by atoms with Gasteiger partial charge in [0.15, 0.2) is 5.16 Å². The molecule has 0 atom stereocenters. The lowest BCUT2D eigenvalue weighted by atomic mass is 9.95. The summed E-state index contributed by atoms with van der Waals surface area (Å²) in [5.74, 6) is 1.30. The number of fused-ring (bicyclic) bond motifs is 3. The quantitative estimate of drug-likeness (QED) is 0.712. The van der Waals surface area contributed by atoms with E-state index < -0.39 is 0 Å². The van der Waals surface area contributed by atoms with Gasteiger partial charge < -0.3 is 9.88 Å². The molecule has 1 saturated carbocycles. The van der Waals surface area contributed by atoms with Gasteiger partial charge in [-0.1, -0.05) is 43.2 Å². The molecule has 0 spiro atoms. The van der Waals surface area contributed by atoms with Gasteiger partial charge in [0.05, 0.1) is 16.8 Å². The average Bonchev–Trinajstić information content (AvgIpc) is 3.18. The van der Waals surface area contributed by atoms with Crippen LogP contribution in [-0.2, 0) is 11.3 Å². The zero-order chi connectivity index (χ0) is 17.2. The molecule has 1 aromatic carbocycles. The number of nitrogens with one attached hydrogen (secondary N) is 1. The first kappa shape index (κ1) is 16.4. The topological polar surface area (TPSA) is 64.2 Å². The molecule has 1 N–H and O–H groups in total. The van der Waals surface area contributed by atoms with Crippen molar-refractivity contribution in [2.24, 2.45) is 0 Å². The number of aromatic nitrogens is 4. The molecule has 1 amide bonds. The van der Waals surface area contributed by atoms with Crippen molar-refractivity contribution < 1.29 is 4.79 Å². The summed E-state index contributed by atoms with van der Waals surface area (Å²) in [4.78, 5) is 12.3. The van der Waals surface area contributed by atoms with Crippen LogP contribution in [0.2, 0.25) is 0 Å². The molecule has 0 saturated heterocycles. The Kier molecular flexibility index (Phi) is 4.65. The normalized spacial score (nSPS) is 15.9. The Morgan fingerprint density at radius 1 is 1.20 bits per heavy atom. The molecule has 132 valence electrons. The second-order valence-electron chi connectivity index (χ2n) is 6.54. The van der Waals surface area contributed by atoms with E-state index in [9.17, 15) is 4.79 Å². The molecular formula is C18H23N5OS. The van der Waals surface area contributed by atoms with Gasteiger partial charge in [-0.05, 0) is 31.9 Å². The molecule has 0 aliphatic heterocycles. The third-order valence-electron chi connectivity index (χ3n) is 4.89. The number of carbonyl (C=O) groups is 1. The van der Waals surface area contributed by atoms with Gasteiger partial charge >= 0.3 is 0 Å². The number of aryl methyl sites for hydroxylation is 1. The predicted molar refractivity (Wildman–Crippen MR) is 99.9 cm³/mol. The first-order chi connectivity index (χ1) is 12.3. The fraction of sp³-hybridized carbons (Fsp3) is 0.500. The van der Waals surface area contributed by atoms with Crippen molar-refractivity contribution in [1.29, 1.82) is 0 Å². The Balaban J connectivity index is 1.53. The molecule has 2 aromatic heterocycles. The molecule has 1 aliphatic rings. The van der Waals surface area contributed by atoms with Gasteiger partial charge in [-0.3, -0.25) is 9.20 Å². The number of rotatable bonds is 5. The molecule has 1 fully saturated rings. The van der Waals surface area contributed by atoms with Gasteiger partial charge in [0, 0.05) is 12.6 Å². The van der Waals surface area contributed by atoms with Crippen molar-refractivity contribution in [2.45, 2.75) is 56.8 Å². The summed E-state index contributed by atoms with van der Waals surface area (Å²) < 4.78 is 4.20. The van der Waals surface area contributed by atoms with Crippen molar-refractivity contribution in [2.75, 3.05) is 5.75 Å². The molecule has 1 aliphatic carbocycles. The van der Waals surface area contributed by atoms with Crippen LogP contribution in [0.1, 0.15) is 39.0 Å². The van der Waals surface area contributed by atoms with Crippen LogP contribution in [0.5, 0.6) is 0 Å². The van der Waals surface area contributed by atoms with Gasteiger partial charge in [-0.25, -0.2) is 0 Å². The van der Waals surface area contributed by atoms with E-state index in [0.717, 1.165) is 41.4 Å². The molecule has 6 nitrogen and oxygen atoms in total. The molecule has 0 unspecified atom stereocenters. The number of para-hydroxylation sites is 2. The lowest BCUT2D eigenvalue weighted by Crippen LogP contribution is -2.37. The van der Waals surface area contributed by atoms with E-state index in [1.807, 2.05) is 12.1 Å². The Morgan fingerprint density at radius 2 is 1.96 bits per heavy atom. The van der Waals surface area contributed by atoms with Gasteiger partial charge in [-0.2, -0.15) is 0 Å². The monoisotopic (exact) mass is 357 g/mol. The molecule has 3 aromatic rings. The number of amides is 1. The first-order valence-electron chi connectivity index (χ1n) is 9.02. The van der Waals surface area contributed by atoms with E-state index in [-0.39, 0.29) is 5.91 Å². The van der Waals surface area contributed by atoms with Gasteiger partial charge in [0.2, 0.25) is 11.7 Å². The molecular weight excluding hydrogens is 334 g/mol. The lowest BCUT2D eigenvalue weighted by Gasteiger charge is -2.22. The fourth-order valence-electron chi connectivity index (χ4n) is 3.69. The zero-order valence-electron chi connectivity index (χ0n) is 14.4. The largest absolute Gasteiger partial charge is 0.353 e. The standard InChI is InChI=1S/C18H23N5OS/c1-2-22-14-10-6-7-11-15(14)23-17(22)20-21-18(23)25-12-16(24)19-13-8-4-3-5-9-13/h6-7,10-11,13H,2-5,8-9,12H2,1H3,(H,19,24). The number of hydrogen-bond acceptors (Lipinski definition) is 4. The van der Waals surface area contributed by atoms with E-state index >= 15 is 0 Å². The predicted octanol–water partition coefficient (Wildman–Crippen LogP) is 3.24. The van der Waals surface area contributed by atoms with E-state index in [1.165, 1.54) is 31.0 Å². The van der Waals surface area contributed by atoms with Crippen LogP contribution in [0.25, 0.3) is 16.8 Å². The summed E-state index contributed by atoms with van der Waals surface area (Å²) in [5.41, 5.74) is 2.22. The Bertz CT molecular complexity index is 894. The summed E-state index contributed by atoms with van der Waals surface area (Å²) in [6.45, 7) is 2.94. The van der Waals surface area contributed by atoms with Crippen LogP contribution in [0.3, 0.4) is 0 Å². The van der Waals surface area contributed by atoms with E-state index in [0.29, 0.717) is 11.8 Å². The second kappa shape index (κ2) is 7.07. The maximum atomic E-state index is 12.3. The molecule has 25 heavy (non-hydrogen) atoms. The lowest BCUT2D eigenvalue weighted by molar-refractivity contribution is -0.119. The van der Waals surface area contributed by atoms with Gasteiger partial charge in [0.25, 0.3) is 0 Å². The smallest absolute Gasteiger partial charge is 0.237 e. The van der Waals surface area contributed by atoms with E-state index in [1.54, 1.807) is 0 Å². The number of hydrogen-bond donors (Lipinski definition) is 1. The molecule has 0 bridgehead atoms. The van der Waals surface area contributed by atoms with E-state index in [4.69, 9.17) is 0 Å². The molecule has 4 rings (SSSR count). The third-order valence-corrected chi connectivity index (χ3v) is 5.82. The molecule has 0 radical (unpaired) electrons. The van der Waals surface area contributed by atoms with Crippen LogP contribution in [0.15, 0.2) is 29.4 Å². The van der Waals surface area contributed by atoms with Crippen LogP contribution in [0.4, 0.5) is 0 Å². The van der Waals surface area contributed by atoms with Crippen molar-refractivity contribution >= 4 is 34.5 Å². The van der Waals surface area contributed by atoms with Gasteiger partial charge in [0.1, 0.15) is 0 Å². The summed E-state index contributed by atoms with van der Waals surface area (Å²) in [5, 5.41) is 12.6. The molecule has 7 heteroatoms. The highest BCUT2D eigenvalue weighted by Crippen LogP contribution is 2.25. The summed E-state index contributed by atoms with van der Waals surface area (Å²) >= 11 is 1.46. The summed E-state index contributed by atoms with van der Waals surface area (Å²) in [6, 6.07) is 8.57. The minimum Gasteiger partial charge on any atom is -0.353 e. The third kappa shape index (κ3) is 3.13. The minimum atomic E-state index is 0.0906. The van der Waals surface area contributed by atoms with Crippen LogP contribution in [0, 0.1) is 0 Å². The SMILES string of the molecule is CCn1c2ccccc2n2c(SCC(=O)NC3CCCCC3)nnc12. The number of imidazole rings is 1. The average molecular weight is 357 g/mol. The Morgan fingerprint density at radius 3 is 2.72 bits per heavy atom. The second-order valence-corrected chi connectivity index (χ2v) is 7.48. The number of benzene rings is 1. The van der Waals surface area contributed by atoms with Crippen LogP contribution >= 0.6 is 11.8 Å². The zero-order valence-corrected chi connectivity index (χ0v) is 15.3. The number of carbonyl (C=O) groups excluding carboxylic acids is 1. The van der Waals surface area contributed by atoms with E-state index in [2.05, 4.69) is 43.5 Å². The van der Waals surface area contributed by atoms with Crippen molar-refractivity contribution in [3.05, 3.63) is 24.3 Å². The highest BCUT2D eigenvalue weighted by atomic mass is 32.2. The first-order valence-corrected chi connectivity index (χ1v) is 10.0. The number of nitrogens with zero attached hydrogens (tertiary/aromatic N) is 4. The highest BCUT2D eigenvalue weighted by molar-refractivity contribution is 7.99. The number of thioether (sulfide) groups is 1. The van der Waals surface area contributed by atoms with Crippen LogP contribution in [-0.4, -0.2) is 36.9 Å². The van der Waals surface area contributed by atoms with Crippen molar-refractivity contribution in [1.82, 2.24) is 24.5 Å². The maximum Gasteiger partial charge on any atom is 0.237 e. The van der Waals surface area contributed by atoms with Crippen LogP contribution < -0.4 is 5.32 Å². The Labute approximate surface area is 151 Å². The van der Waals surface area contributed by atoms with Gasteiger partial charge in [-0.15, -0.1) is 10.2 Å². The maximum absolute atomic E-state index is 12.3. The minimum absolute atomic E-state index is 0.0906. The highest BCUT2D eigenvalue weighted by Gasteiger charge is 2.19. The van der Waals surface area contributed by atoms with Crippen molar-refractivity contribution in [3.8, 4) is 0 Å². The fourth-order valence-corrected chi connectivity index (χ4v) is 4.44.